The fraction of sp³-hybridized carbons (Fsp3) is 0.667. The number of pyridine rings is 1. The van der Waals surface area contributed by atoms with Crippen LogP contribution in [-0.2, 0) is 17.8 Å². The number of hydrogen-bond acceptors (Lipinski definition) is 4. The molecule has 0 bridgehead atoms. The SMILES string of the molecule is Cc1cc2c(nc1COCC1CC1)N1[C@H](C2)CN(C(=O)O)C[C@H]1C. The number of piperazine rings is 1. The summed E-state index contributed by atoms with van der Waals surface area (Å²) >= 11 is 0. The third kappa shape index (κ3) is 2.83. The number of fused-ring (bicyclic) bond motifs is 3. The van der Waals surface area contributed by atoms with E-state index in [1.54, 1.807) is 0 Å². The standard InChI is InChI=1S/C18H25N3O3/c1-11-5-14-6-15-8-20(18(22)23)7-12(2)21(15)17(14)19-16(11)10-24-9-13-3-4-13/h5,12-13,15H,3-4,6-10H2,1-2H3,(H,22,23)/t12-,15-/m1/s1. The van der Waals surface area contributed by atoms with Gasteiger partial charge in [0.05, 0.1) is 18.3 Å². The highest BCUT2D eigenvalue weighted by molar-refractivity contribution is 5.67. The molecule has 2 fully saturated rings. The Hall–Kier alpha value is -1.82. The Labute approximate surface area is 142 Å². The number of anilines is 1. The monoisotopic (exact) mass is 331 g/mol. The van der Waals surface area contributed by atoms with E-state index in [2.05, 4.69) is 24.8 Å². The maximum atomic E-state index is 11.3. The van der Waals surface area contributed by atoms with Gasteiger partial charge in [-0.2, -0.15) is 0 Å². The summed E-state index contributed by atoms with van der Waals surface area (Å²) in [6, 6.07) is 2.57. The molecule has 1 saturated carbocycles. The zero-order valence-electron chi connectivity index (χ0n) is 14.4. The Morgan fingerprint density at radius 1 is 1.42 bits per heavy atom. The summed E-state index contributed by atoms with van der Waals surface area (Å²) in [5.41, 5.74) is 3.43. The van der Waals surface area contributed by atoms with Crippen LogP contribution < -0.4 is 4.90 Å². The van der Waals surface area contributed by atoms with Crippen molar-refractivity contribution in [2.75, 3.05) is 24.6 Å². The summed E-state index contributed by atoms with van der Waals surface area (Å²) in [5.74, 6) is 1.79. The summed E-state index contributed by atoms with van der Waals surface area (Å²) in [5, 5.41) is 9.30. The van der Waals surface area contributed by atoms with Gasteiger partial charge in [-0.05, 0) is 50.2 Å². The first kappa shape index (κ1) is 15.7. The van der Waals surface area contributed by atoms with Crippen molar-refractivity contribution in [1.29, 1.82) is 0 Å². The van der Waals surface area contributed by atoms with Gasteiger partial charge in [-0.3, -0.25) is 0 Å². The Balaban J connectivity index is 1.53. The van der Waals surface area contributed by atoms with Crippen LogP contribution in [0.15, 0.2) is 6.07 Å². The maximum Gasteiger partial charge on any atom is 0.407 e. The van der Waals surface area contributed by atoms with Gasteiger partial charge in [-0.1, -0.05) is 6.07 Å². The summed E-state index contributed by atoms with van der Waals surface area (Å²) in [7, 11) is 0. The smallest absolute Gasteiger partial charge is 0.407 e. The third-order valence-electron chi connectivity index (χ3n) is 5.42. The molecule has 1 aromatic heterocycles. The maximum absolute atomic E-state index is 11.3. The van der Waals surface area contributed by atoms with Gasteiger partial charge < -0.3 is 19.6 Å². The van der Waals surface area contributed by atoms with E-state index in [0.29, 0.717) is 19.7 Å². The molecule has 3 heterocycles. The molecule has 1 amide bonds. The van der Waals surface area contributed by atoms with E-state index in [-0.39, 0.29) is 12.1 Å². The zero-order valence-corrected chi connectivity index (χ0v) is 14.4. The van der Waals surface area contributed by atoms with Crippen LogP contribution in [-0.4, -0.2) is 52.9 Å². The van der Waals surface area contributed by atoms with Crippen LogP contribution in [0, 0.1) is 12.8 Å². The molecule has 130 valence electrons. The second kappa shape index (κ2) is 5.92. The molecule has 1 saturated heterocycles. The number of ether oxygens (including phenoxy) is 1. The molecule has 1 N–H and O–H groups in total. The molecule has 0 spiro atoms. The Morgan fingerprint density at radius 3 is 2.92 bits per heavy atom. The first-order valence-electron chi connectivity index (χ1n) is 8.86. The van der Waals surface area contributed by atoms with E-state index in [1.165, 1.54) is 28.9 Å². The highest BCUT2D eigenvalue weighted by Crippen LogP contribution is 2.36. The van der Waals surface area contributed by atoms with Crippen molar-refractivity contribution in [2.45, 2.75) is 51.8 Å². The van der Waals surface area contributed by atoms with Crippen LogP contribution in [0.25, 0.3) is 0 Å². The fourth-order valence-electron chi connectivity index (χ4n) is 3.96. The molecule has 1 aliphatic carbocycles. The topological polar surface area (TPSA) is 65.9 Å². The fourth-order valence-corrected chi connectivity index (χ4v) is 3.96. The molecular formula is C18H25N3O3. The van der Waals surface area contributed by atoms with Gasteiger partial charge in [-0.15, -0.1) is 0 Å². The van der Waals surface area contributed by atoms with E-state index in [9.17, 15) is 9.90 Å². The molecule has 1 aromatic rings. The number of aryl methyl sites for hydroxylation is 1. The van der Waals surface area contributed by atoms with E-state index >= 15 is 0 Å². The minimum Gasteiger partial charge on any atom is -0.465 e. The number of carboxylic acid groups (broad SMARTS) is 1. The molecule has 4 rings (SSSR count). The minimum atomic E-state index is -0.823. The minimum absolute atomic E-state index is 0.150. The largest absolute Gasteiger partial charge is 0.465 e. The molecule has 6 nitrogen and oxygen atoms in total. The second-order valence-corrected chi connectivity index (χ2v) is 7.49. The molecule has 2 aliphatic heterocycles. The van der Waals surface area contributed by atoms with Gasteiger partial charge in [0.25, 0.3) is 0 Å². The highest BCUT2D eigenvalue weighted by Gasteiger charge is 2.40. The number of hydrogen-bond donors (Lipinski definition) is 1. The predicted octanol–water partition coefficient (Wildman–Crippen LogP) is 2.43. The summed E-state index contributed by atoms with van der Waals surface area (Å²) in [6.07, 6.45) is 2.64. The van der Waals surface area contributed by atoms with Crippen molar-refractivity contribution in [2.24, 2.45) is 5.92 Å². The van der Waals surface area contributed by atoms with Crippen LogP contribution in [0.2, 0.25) is 0 Å². The van der Waals surface area contributed by atoms with Crippen LogP contribution in [0.3, 0.4) is 0 Å². The van der Waals surface area contributed by atoms with Gasteiger partial charge in [-0.25, -0.2) is 9.78 Å². The van der Waals surface area contributed by atoms with E-state index in [0.717, 1.165) is 30.5 Å². The van der Waals surface area contributed by atoms with Crippen molar-refractivity contribution in [3.8, 4) is 0 Å². The first-order chi connectivity index (χ1) is 11.5. The molecular weight excluding hydrogens is 306 g/mol. The Kier molecular flexibility index (Phi) is 3.87. The summed E-state index contributed by atoms with van der Waals surface area (Å²) in [6.45, 7) is 6.69. The molecule has 0 radical (unpaired) electrons. The number of rotatable bonds is 4. The normalized spacial score (nSPS) is 25.6. The molecule has 0 unspecified atom stereocenters. The lowest BCUT2D eigenvalue weighted by Crippen LogP contribution is -2.58. The van der Waals surface area contributed by atoms with Crippen molar-refractivity contribution in [3.63, 3.8) is 0 Å². The van der Waals surface area contributed by atoms with Crippen LogP contribution in [0.4, 0.5) is 10.6 Å². The molecule has 24 heavy (non-hydrogen) atoms. The van der Waals surface area contributed by atoms with Gasteiger partial charge in [0, 0.05) is 25.7 Å². The number of amides is 1. The Bertz CT molecular complexity index is 659. The van der Waals surface area contributed by atoms with Crippen LogP contribution in [0.1, 0.15) is 36.6 Å². The lowest BCUT2D eigenvalue weighted by molar-refractivity contribution is 0.108. The predicted molar refractivity (Wildman–Crippen MR) is 90.4 cm³/mol. The summed E-state index contributed by atoms with van der Waals surface area (Å²) < 4.78 is 5.83. The molecule has 6 heteroatoms. The van der Waals surface area contributed by atoms with Crippen LogP contribution >= 0.6 is 0 Å². The third-order valence-corrected chi connectivity index (χ3v) is 5.42. The number of carbonyl (C=O) groups is 1. The molecule has 2 atom stereocenters. The summed E-state index contributed by atoms with van der Waals surface area (Å²) in [4.78, 5) is 20.1. The molecule has 3 aliphatic rings. The van der Waals surface area contributed by atoms with E-state index in [1.807, 2.05) is 0 Å². The van der Waals surface area contributed by atoms with Crippen molar-refractivity contribution >= 4 is 11.9 Å². The van der Waals surface area contributed by atoms with Crippen molar-refractivity contribution < 1.29 is 14.6 Å². The molecule has 0 aromatic carbocycles. The lowest BCUT2D eigenvalue weighted by atomic mass is 10.1. The second-order valence-electron chi connectivity index (χ2n) is 7.49. The van der Waals surface area contributed by atoms with Gasteiger partial charge >= 0.3 is 6.09 Å². The van der Waals surface area contributed by atoms with Gasteiger partial charge in [0.2, 0.25) is 0 Å². The van der Waals surface area contributed by atoms with Crippen LogP contribution in [0.5, 0.6) is 0 Å². The Morgan fingerprint density at radius 2 is 2.21 bits per heavy atom. The average molecular weight is 331 g/mol. The quantitative estimate of drug-likeness (QED) is 0.918. The van der Waals surface area contributed by atoms with E-state index in [4.69, 9.17) is 9.72 Å². The van der Waals surface area contributed by atoms with Crippen molar-refractivity contribution in [3.05, 3.63) is 22.9 Å². The highest BCUT2D eigenvalue weighted by atomic mass is 16.5. The number of aromatic nitrogens is 1. The number of nitrogens with zero attached hydrogens (tertiary/aromatic N) is 3. The lowest BCUT2D eigenvalue weighted by Gasteiger charge is -2.42. The average Bonchev–Trinajstić information content (AvgIpc) is 3.27. The first-order valence-corrected chi connectivity index (χ1v) is 8.86. The van der Waals surface area contributed by atoms with Crippen molar-refractivity contribution in [1.82, 2.24) is 9.88 Å². The zero-order chi connectivity index (χ0) is 16.8. The van der Waals surface area contributed by atoms with E-state index < -0.39 is 6.09 Å². The van der Waals surface area contributed by atoms with Gasteiger partial charge in [0.15, 0.2) is 0 Å². The van der Waals surface area contributed by atoms with Gasteiger partial charge in [0.1, 0.15) is 5.82 Å².